The second kappa shape index (κ2) is 11.1. The average molecular weight is 560 g/mol. The summed E-state index contributed by atoms with van der Waals surface area (Å²) in [6.45, 7) is 8.46. The van der Waals surface area contributed by atoms with Crippen molar-refractivity contribution in [1.82, 2.24) is 14.1 Å². The van der Waals surface area contributed by atoms with Crippen molar-refractivity contribution in [2.45, 2.75) is 69.9 Å². The molecule has 1 unspecified atom stereocenters. The van der Waals surface area contributed by atoms with Crippen LogP contribution in [0.25, 0.3) is 0 Å². The van der Waals surface area contributed by atoms with Gasteiger partial charge in [0, 0.05) is 18.3 Å². The van der Waals surface area contributed by atoms with Crippen LogP contribution in [0.3, 0.4) is 0 Å². The molecule has 0 radical (unpaired) electrons. The highest BCUT2D eigenvalue weighted by Crippen LogP contribution is 2.38. The molecule has 10 heteroatoms. The predicted molar refractivity (Wildman–Crippen MR) is 146 cm³/mol. The first-order valence-electron chi connectivity index (χ1n) is 12.7. The summed E-state index contributed by atoms with van der Waals surface area (Å²) in [6, 6.07) is 11.8. The highest BCUT2D eigenvalue weighted by molar-refractivity contribution is 7.89. The molecule has 0 bridgehead atoms. The number of hydrogen-bond acceptors (Lipinski definition) is 6. The van der Waals surface area contributed by atoms with Crippen molar-refractivity contribution in [2.75, 3.05) is 13.7 Å². The van der Waals surface area contributed by atoms with Crippen molar-refractivity contribution in [3.63, 3.8) is 0 Å². The number of benzene rings is 2. The number of hydrogen-bond donors (Lipinski definition) is 0. The molecule has 204 valence electrons. The van der Waals surface area contributed by atoms with Gasteiger partial charge in [-0.15, -0.1) is 0 Å². The highest BCUT2D eigenvalue weighted by atomic mass is 35.5. The largest absolute Gasteiger partial charge is 0.465 e. The standard InChI is InChI=1S/C28H34ClN3O5S/c1-6-36-27(33)18-32-25-9-7-8-24(22(25)17-30-32)31(5)38(34,35)21-14-15-26(23(29)16-21)37-20-12-10-19(11-13-20)28(2,3)4/h10-17,24H,6-9,18H2,1-5H3. The number of halogens is 1. The predicted octanol–water partition coefficient (Wildman–Crippen LogP) is 5.89. The Bertz CT molecular complexity index is 1410. The Hall–Kier alpha value is -2.88. The van der Waals surface area contributed by atoms with E-state index in [1.165, 1.54) is 22.0 Å². The zero-order valence-corrected chi connectivity index (χ0v) is 24.0. The lowest BCUT2D eigenvalue weighted by molar-refractivity contribution is -0.144. The number of rotatable bonds is 8. The van der Waals surface area contributed by atoms with Crippen LogP contribution in [0, 0.1) is 0 Å². The maximum absolute atomic E-state index is 13.6. The van der Waals surface area contributed by atoms with Crippen LogP contribution in [0.1, 0.15) is 63.4 Å². The molecular formula is C28H34ClN3O5S. The summed E-state index contributed by atoms with van der Waals surface area (Å²) in [7, 11) is -2.31. The maximum Gasteiger partial charge on any atom is 0.327 e. The van der Waals surface area contributed by atoms with Crippen LogP contribution < -0.4 is 4.74 Å². The Morgan fingerprint density at radius 3 is 2.53 bits per heavy atom. The van der Waals surface area contributed by atoms with Crippen molar-refractivity contribution in [3.8, 4) is 11.5 Å². The molecule has 0 fully saturated rings. The van der Waals surface area contributed by atoms with Crippen LogP contribution in [-0.4, -0.2) is 42.1 Å². The van der Waals surface area contributed by atoms with Gasteiger partial charge in [0.15, 0.2) is 0 Å². The van der Waals surface area contributed by atoms with E-state index < -0.39 is 16.1 Å². The van der Waals surface area contributed by atoms with Crippen LogP contribution in [0.5, 0.6) is 11.5 Å². The first-order valence-corrected chi connectivity index (χ1v) is 14.5. The molecular weight excluding hydrogens is 526 g/mol. The molecule has 1 aliphatic rings. The van der Waals surface area contributed by atoms with Gasteiger partial charge in [-0.25, -0.2) is 8.42 Å². The van der Waals surface area contributed by atoms with Gasteiger partial charge in [-0.05, 0) is 67.5 Å². The van der Waals surface area contributed by atoms with E-state index in [1.807, 2.05) is 24.3 Å². The molecule has 1 heterocycles. The maximum atomic E-state index is 13.6. The molecule has 8 nitrogen and oxygen atoms in total. The van der Waals surface area contributed by atoms with Gasteiger partial charge in [-0.3, -0.25) is 9.48 Å². The van der Waals surface area contributed by atoms with E-state index >= 15 is 0 Å². The van der Waals surface area contributed by atoms with E-state index in [4.69, 9.17) is 21.1 Å². The van der Waals surface area contributed by atoms with E-state index in [9.17, 15) is 13.2 Å². The Morgan fingerprint density at radius 1 is 1.18 bits per heavy atom. The Morgan fingerprint density at radius 2 is 1.89 bits per heavy atom. The van der Waals surface area contributed by atoms with Crippen molar-refractivity contribution in [1.29, 1.82) is 0 Å². The van der Waals surface area contributed by atoms with Crippen LogP contribution in [0.2, 0.25) is 5.02 Å². The van der Waals surface area contributed by atoms with Crippen LogP contribution in [0.4, 0.5) is 0 Å². The molecule has 2 aromatic carbocycles. The third-order valence-corrected chi connectivity index (χ3v) is 8.94. The summed E-state index contributed by atoms with van der Waals surface area (Å²) >= 11 is 6.47. The third-order valence-electron chi connectivity index (χ3n) is 6.78. The van der Waals surface area contributed by atoms with Crippen molar-refractivity contribution in [2.24, 2.45) is 0 Å². The number of nitrogens with zero attached hydrogens (tertiary/aromatic N) is 3. The van der Waals surface area contributed by atoms with Gasteiger partial charge in [-0.2, -0.15) is 9.40 Å². The van der Waals surface area contributed by atoms with Gasteiger partial charge < -0.3 is 9.47 Å². The molecule has 1 aliphatic carbocycles. The van der Waals surface area contributed by atoms with Crippen molar-refractivity contribution in [3.05, 3.63) is 70.5 Å². The minimum atomic E-state index is -3.87. The van der Waals surface area contributed by atoms with Crippen molar-refractivity contribution >= 4 is 27.6 Å². The summed E-state index contributed by atoms with van der Waals surface area (Å²) in [5, 5.41) is 4.55. The fraction of sp³-hybridized carbons (Fsp3) is 0.429. The second-order valence-corrected chi connectivity index (χ2v) is 12.8. The van der Waals surface area contributed by atoms with E-state index in [0.29, 0.717) is 30.9 Å². The fourth-order valence-corrected chi connectivity index (χ4v) is 6.32. The van der Waals surface area contributed by atoms with E-state index in [2.05, 4.69) is 25.9 Å². The van der Waals surface area contributed by atoms with Crippen LogP contribution >= 0.6 is 11.6 Å². The molecule has 0 N–H and O–H groups in total. The monoisotopic (exact) mass is 559 g/mol. The SMILES string of the molecule is CCOC(=O)Cn1ncc2c1CCCC2N(C)S(=O)(=O)c1ccc(Oc2ccc(C(C)(C)C)cc2)c(Cl)c1. The van der Waals surface area contributed by atoms with Crippen molar-refractivity contribution < 1.29 is 22.7 Å². The summed E-state index contributed by atoms with van der Waals surface area (Å²) < 4.78 is 41.1. The van der Waals surface area contributed by atoms with Gasteiger partial charge in [0.2, 0.25) is 10.0 Å². The first-order chi connectivity index (χ1) is 17.9. The Balaban J connectivity index is 1.53. The summed E-state index contributed by atoms with van der Waals surface area (Å²) in [5.74, 6) is 0.614. The Labute approximate surface area is 229 Å². The summed E-state index contributed by atoms with van der Waals surface area (Å²) in [4.78, 5) is 12.0. The first kappa shape index (κ1) is 28.1. The zero-order valence-electron chi connectivity index (χ0n) is 22.4. The number of ether oxygens (including phenoxy) is 2. The lowest BCUT2D eigenvalue weighted by atomic mass is 9.87. The number of carbonyl (C=O) groups excluding carboxylic acids is 1. The molecule has 0 saturated heterocycles. The lowest BCUT2D eigenvalue weighted by Gasteiger charge is -2.31. The van der Waals surface area contributed by atoms with Gasteiger partial charge in [-0.1, -0.05) is 44.5 Å². The molecule has 0 spiro atoms. The highest BCUT2D eigenvalue weighted by Gasteiger charge is 2.34. The molecule has 38 heavy (non-hydrogen) atoms. The minimum absolute atomic E-state index is 0.00234. The minimum Gasteiger partial charge on any atom is -0.465 e. The van der Waals surface area contributed by atoms with Crippen LogP contribution in [-0.2, 0) is 37.9 Å². The normalized spacial score (nSPS) is 15.8. The van der Waals surface area contributed by atoms with Crippen LogP contribution in [0.15, 0.2) is 53.6 Å². The smallest absolute Gasteiger partial charge is 0.327 e. The molecule has 3 aromatic rings. The number of esters is 1. The molecule has 0 aliphatic heterocycles. The summed E-state index contributed by atoms with van der Waals surface area (Å²) in [5.41, 5.74) is 2.86. The quantitative estimate of drug-likeness (QED) is 0.320. The molecule has 0 saturated carbocycles. The second-order valence-electron chi connectivity index (χ2n) is 10.4. The number of carbonyl (C=O) groups is 1. The van der Waals surface area contributed by atoms with Gasteiger partial charge in [0.25, 0.3) is 0 Å². The Kier molecular flexibility index (Phi) is 8.20. The van der Waals surface area contributed by atoms with Gasteiger partial charge in [0.05, 0.1) is 28.8 Å². The average Bonchev–Trinajstić information content (AvgIpc) is 3.27. The lowest BCUT2D eigenvalue weighted by Crippen LogP contribution is -2.33. The third kappa shape index (κ3) is 5.90. The van der Waals surface area contributed by atoms with Gasteiger partial charge in [0.1, 0.15) is 18.0 Å². The topological polar surface area (TPSA) is 90.7 Å². The zero-order chi connectivity index (χ0) is 27.7. The number of fused-ring (bicyclic) bond motifs is 1. The van der Waals surface area contributed by atoms with E-state index in [0.717, 1.165) is 17.7 Å². The molecule has 1 aromatic heterocycles. The molecule has 0 amide bonds. The number of sulfonamides is 1. The summed E-state index contributed by atoms with van der Waals surface area (Å²) in [6.07, 6.45) is 3.79. The van der Waals surface area contributed by atoms with E-state index in [1.54, 1.807) is 30.9 Å². The molecule has 4 rings (SSSR count). The number of aromatic nitrogens is 2. The molecule has 1 atom stereocenters. The fourth-order valence-electron chi connectivity index (χ4n) is 4.65. The van der Waals surface area contributed by atoms with E-state index in [-0.39, 0.29) is 27.8 Å². The van der Waals surface area contributed by atoms with Gasteiger partial charge >= 0.3 is 5.97 Å².